The summed E-state index contributed by atoms with van der Waals surface area (Å²) >= 11 is 0. The lowest BCUT2D eigenvalue weighted by Crippen LogP contribution is -2.49. The van der Waals surface area contributed by atoms with Gasteiger partial charge in [-0.25, -0.2) is 0 Å². The zero-order chi connectivity index (χ0) is 15.6. The van der Waals surface area contributed by atoms with Gasteiger partial charge in [0.25, 0.3) is 0 Å². The lowest BCUT2D eigenvalue weighted by atomic mass is 10.2. The number of ether oxygens (including phenoxy) is 1. The van der Waals surface area contributed by atoms with E-state index in [-0.39, 0.29) is 5.60 Å². The Morgan fingerprint density at radius 2 is 1.76 bits per heavy atom. The predicted molar refractivity (Wildman–Crippen MR) is 88.0 cm³/mol. The van der Waals surface area contributed by atoms with Crippen LogP contribution in [0.2, 0.25) is 0 Å². The molecule has 5 heteroatoms. The number of pyridine rings is 1. The highest BCUT2D eigenvalue weighted by Crippen LogP contribution is 2.27. The zero-order valence-electron chi connectivity index (χ0n) is 13.9. The Labute approximate surface area is 128 Å². The Morgan fingerprint density at radius 3 is 2.29 bits per heavy atom. The third-order valence-electron chi connectivity index (χ3n) is 3.65. The lowest BCUT2D eigenvalue weighted by Gasteiger charge is -2.37. The molecule has 1 aliphatic rings. The maximum absolute atomic E-state index is 5.97. The lowest BCUT2D eigenvalue weighted by molar-refractivity contribution is 0.125. The first kappa shape index (κ1) is 15.9. The number of hydrogen-bond donors (Lipinski definition) is 1. The number of nitrogens with zero attached hydrogens (tertiary/aromatic N) is 3. The molecule has 118 valence electrons. The molecule has 2 heterocycles. The van der Waals surface area contributed by atoms with E-state index in [9.17, 15) is 0 Å². The van der Waals surface area contributed by atoms with Crippen molar-refractivity contribution in [3.8, 4) is 5.88 Å². The van der Waals surface area contributed by atoms with Gasteiger partial charge in [0.2, 0.25) is 5.88 Å². The zero-order valence-corrected chi connectivity index (χ0v) is 13.9. The topological polar surface area (TPSA) is 54.6 Å². The molecule has 0 bridgehead atoms. The van der Waals surface area contributed by atoms with Gasteiger partial charge in [0, 0.05) is 32.2 Å². The predicted octanol–water partition coefficient (Wildman–Crippen LogP) is 2.37. The molecule has 5 nitrogen and oxygen atoms in total. The van der Waals surface area contributed by atoms with Gasteiger partial charge in [-0.05, 0) is 46.8 Å². The van der Waals surface area contributed by atoms with Crippen molar-refractivity contribution < 1.29 is 4.74 Å². The van der Waals surface area contributed by atoms with Crippen molar-refractivity contribution in [1.29, 1.82) is 0 Å². The van der Waals surface area contributed by atoms with Crippen LogP contribution in [0.5, 0.6) is 5.88 Å². The Morgan fingerprint density at radius 1 is 1.14 bits per heavy atom. The molecule has 2 N–H and O–H groups in total. The highest BCUT2D eigenvalue weighted by Gasteiger charge is 2.21. The smallest absolute Gasteiger partial charge is 0.239 e. The van der Waals surface area contributed by atoms with E-state index < -0.39 is 0 Å². The fraction of sp³-hybridized carbons (Fsp3) is 0.688. The highest BCUT2D eigenvalue weighted by molar-refractivity contribution is 5.55. The van der Waals surface area contributed by atoms with Gasteiger partial charge in [-0.2, -0.15) is 4.98 Å². The molecule has 0 unspecified atom stereocenters. The molecule has 2 rings (SSSR count). The maximum Gasteiger partial charge on any atom is 0.239 e. The van der Waals surface area contributed by atoms with Crippen LogP contribution >= 0.6 is 0 Å². The summed E-state index contributed by atoms with van der Waals surface area (Å²) in [4.78, 5) is 9.40. The number of nitrogens with two attached hydrogens (primary N) is 1. The molecule has 0 amide bonds. The summed E-state index contributed by atoms with van der Waals surface area (Å²) in [5.74, 6) is 1.48. The van der Waals surface area contributed by atoms with Gasteiger partial charge in [-0.1, -0.05) is 0 Å². The second kappa shape index (κ2) is 6.10. The summed E-state index contributed by atoms with van der Waals surface area (Å²) < 4.78 is 5.85. The van der Waals surface area contributed by atoms with Crippen LogP contribution in [0.1, 0.15) is 34.6 Å². The number of hydrogen-bond acceptors (Lipinski definition) is 5. The Bertz CT molecular complexity index is 474. The van der Waals surface area contributed by atoms with Crippen molar-refractivity contribution in [2.75, 3.05) is 36.8 Å². The summed E-state index contributed by atoms with van der Waals surface area (Å²) in [6.07, 6.45) is 0. The van der Waals surface area contributed by atoms with Crippen molar-refractivity contribution >= 4 is 11.5 Å². The van der Waals surface area contributed by atoms with Gasteiger partial charge in [-0.3, -0.25) is 4.90 Å². The Balaban J connectivity index is 2.09. The van der Waals surface area contributed by atoms with Gasteiger partial charge in [-0.15, -0.1) is 0 Å². The van der Waals surface area contributed by atoms with Crippen molar-refractivity contribution in [2.24, 2.45) is 0 Å². The minimum absolute atomic E-state index is 0.296. The molecule has 1 fully saturated rings. The maximum atomic E-state index is 5.97. The van der Waals surface area contributed by atoms with E-state index in [4.69, 9.17) is 10.5 Å². The summed E-state index contributed by atoms with van der Waals surface area (Å²) in [5, 5.41) is 0. The van der Waals surface area contributed by atoms with Crippen molar-refractivity contribution in [3.63, 3.8) is 0 Å². The van der Waals surface area contributed by atoms with Crippen LogP contribution in [0.25, 0.3) is 0 Å². The summed E-state index contributed by atoms with van der Waals surface area (Å²) in [6.45, 7) is 14.6. The van der Waals surface area contributed by atoms with E-state index in [2.05, 4.69) is 28.6 Å². The second-order valence-electron chi connectivity index (χ2n) is 6.90. The van der Waals surface area contributed by atoms with Crippen LogP contribution in [0, 0.1) is 0 Å². The minimum Gasteiger partial charge on any atom is -0.470 e. The molecule has 1 aromatic heterocycles. The van der Waals surface area contributed by atoms with E-state index in [1.165, 1.54) is 0 Å². The normalized spacial score (nSPS) is 17.3. The average Bonchev–Trinajstić information content (AvgIpc) is 2.40. The van der Waals surface area contributed by atoms with Crippen LogP contribution in [-0.2, 0) is 0 Å². The molecular formula is C16H28N4O. The molecule has 0 atom stereocenters. The Kier molecular flexibility index (Phi) is 4.61. The monoisotopic (exact) mass is 292 g/mol. The summed E-state index contributed by atoms with van der Waals surface area (Å²) in [6, 6.07) is 4.47. The molecular weight excluding hydrogens is 264 g/mol. The van der Waals surface area contributed by atoms with E-state index in [0.717, 1.165) is 32.0 Å². The number of nitrogen functional groups attached to an aromatic ring is 1. The van der Waals surface area contributed by atoms with Gasteiger partial charge < -0.3 is 15.4 Å². The van der Waals surface area contributed by atoms with Gasteiger partial charge >= 0.3 is 0 Å². The third kappa shape index (κ3) is 4.24. The van der Waals surface area contributed by atoms with Crippen LogP contribution in [0.4, 0.5) is 11.5 Å². The first-order valence-corrected chi connectivity index (χ1v) is 7.71. The van der Waals surface area contributed by atoms with E-state index >= 15 is 0 Å². The SMILES string of the molecule is CC(C)N1CCN(c2ccc(N)c(OC(C)(C)C)n2)CC1. The molecule has 1 saturated heterocycles. The molecule has 0 radical (unpaired) electrons. The van der Waals surface area contributed by atoms with Crippen molar-refractivity contribution in [1.82, 2.24) is 9.88 Å². The van der Waals surface area contributed by atoms with E-state index in [1.807, 2.05) is 32.9 Å². The summed E-state index contributed by atoms with van der Waals surface area (Å²) in [5.41, 5.74) is 6.27. The fourth-order valence-corrected chi connectivity index (χ4v) is 2.46. The van der Waals surface area contributed by atoms with E-state index in [0.29, 0.717) is 17.6 Å². The van der Waals surface area contributed by atoms with Crippen LogP contribution < -0.4 is 15.4 Å². The van der Waals surface area contributed by atoms with Crippen LogP contribution in [0.15, 0.2) is 12.1 Å². The number of anilines is 2. The molecule has 0 spiro atoms. The molecule has 0 aromatic carbocycles. The standard InChI is InChI=1S/C16H28N4O/c1-12(2)19-8-10-20(11-9-19)14-7-6-13(17)15(18-14)21-16(3,4)5/h6-7,12H,8-11,17H2,1-5H3. The van der Waals surface area contributed by atoms with Crippen molar-refractivity contribution in [3.05, 3.63) is 12.1 Å². The average molecular weight is 292 g/mol. The van der Waals surface area contributed by atoms with Gasteiger partial charge in [0.15, 0.2) is 0 Å². The van der Waals surface area contributed by atoms with Gasteiger partial charge in [0.1, 0.15) is 11.4 Å². The number of aromatic nitrogens is 1. The molecule has 0 aliphatic carbocycles. The Hall–Kier alpha value is -1.49. The third-order valence-corrected chi connectivity index (χ3v) is 3.65. The molecule has 0 saturated carbocycles. The molecule has 1 aromatic rings. The number of rotatable bonds is 3. The molecule has 1 aliphatic heterocycles. The van der Waals surface area contributed by atoms with Crippen LogP contribution in [-0.4, -0.2) is 47.7 Å². The fourth-order valence-electron chi connectivity index (χ4n) is 2.46. The van der Waals surface area contributed by atoms with Crippen molar-refractivity contribution in [2.45, 2.75) is 46.3 Å². The number of piperazine rings is 1. The van der Waals surface area contributed by atoms with Crippen LogP contribution in [0.3, 0.4) is 0 Å². The molecule has 21 heavy (non-hydrogen) atoms. The largest absolute Gasteiger partial charge is 0.470 e. The summed E-state index contributed by atoms with van der Waals surface area (Å²) in [7, 11) is 0. The highest BCUT2D eigenvalue weighted by atomic mass is 16.5. The second-order valence-corrected chi connectivity index (χ2v) is 6.90. The minimum atomic E-state index is -0.296. The first-order valence-electron chi connectivity index (χ1n) is 7.71. The van der Waals surface area contributed by atoms with E-state index in [1.54, 1.807) is 0 Å². The first-order chi connectivity index (χ1) is 9.76. The van der Waals surface area contributed by atoms with Gasteiger partial charge in [0.05, 0.1) is 5.69 Å². The quantitative estimate of drug-likeness (QED) is 0.927.